The molecular formula is C13H13ClN2OS. The second-order valence-corrected chi connectivity index (χ2v) is 5.75. The average molecular weight is 281 g/mol. The lowest BCUT2D eigenvalue weighted by Crippen LogP contribution is -2.26. The fraction of sp³-hybridized carbons (Fsp3) is 0.154. The summed E-state index contributed by atoms with van der Waals surface area (Å²) in [5, 5.41) is 0. The zero-order valence-corrected chi connectivity index (χ0v) is 11.5. The molecule has 0 aliphatic rings. The van der Waals surface area contributed by atoms with E-state index in [4.69, 9.17) is 17.3 Å². The average Bonchev–Trinajstić information content (AvgIpc) is 2.74. The maximum absolute atomic E-state index is 12.2. The lowest BCUT2D eigenvalue weighted by atomic mass is 10.1. The van der Waals surface area contributed by atoms with Gasteiger partial charge in [0, 0.05) is 17.6 Å². The van der Waals surface area contributed by atoms with Gasteiger partial charge in [-0.3, -0.25) is 4.79 Å². The number of carbonyl (C=O) groups excluding carboxylic acids is 1. The second-order valence-electron chi connectivity index (χ2n) is 3.95. The molecule has 0 atom stereocenters. The number of halogens is 1. The Morgan fingerprint density at radius 2 is 2.06 bits per heavy atom. The van der Waals surface area contributed by atoms with Gasteiger partial charge in [-0.1, -0.05) is 23.7 Å². The van der Waals surface area contributed by atoms with Crippen LogP contribution in [0.5, 0.6) is 0 Å². The highest BCUT2D eigenvalue weighted by atomic mass is 35.5. The first-order valence-corrected chi connectivity index (χ1v) is 6.61. The highest BCUT2D eigenvalue weighted by molar-refractivity contribution is 7.16. The molecule has 0 bridgehead atoms. The van der Waals surface area contributed by atoms with Crippen LogP contribution in [0.25, 0.3) is 0 Å². The molecular weight excluding hydrogens is 268 g/mol. The zero-order chi connectivity index (χ0) is 13.1. The van der Waals surface area contributed by atoms with Crippen molar-refractivity contribution in [1.29, 1.82) is 0 Å². The number of benzene rings is 1. The first-order valence-electron chi connectivity index (χ1n) is 5.42. The van der Waals surface area contributed by atoms with Gasteiger partial charge < -0.3 is 10.6 Å². The summed E-state index contributed by atoms with van der Waals surface area (Å²) in [7, 11) is 1.75. The van der Waals surface area contributed by atoms with E-state index in [2.05, 4.69) is 0 Å². The summed E-state index contributed by atoms with van der Waals surface area (Å²) >= 11 is 7.33. The minimum atomic E-state index is -0.0855. The number of nitrogens with two attached hydrogens (primary N) is 1. The molecule has 0 fully saturated rings. The van der Waals surface area contributed by atoms with E-state index in [1.807, 2.05) is 18.2 Å². The smallest absolute Gasteiger partial charge is 0.256 e. The van der Waals surface area contributed by atoms with Crippen LogP contribution in [0.3, 0.4) is 0 Å². The van der Waals surface area contributed by atoms with E-state index in [1.54, 1.807) is 30.1 Å². The van der Waals surface area contributed by atoms with Gasteiger partial charge in [-0.25, -0.2) is 0 Å². The molecule has 0 saturated carbocycles. The normalized spacial score (nSPS) is 10.3. The van der Waals surface area contributed by atoms with Gasteiger partial charge in [0.25, 0.3) is 5.91 Å². The summed E-state index contributed by atoms with van der Waals surface area (Å²) in [4.78, 5) is 14.9. The Labute approximate surface area is 115 Å². The monoisotopic (exact) mass is 280 g/mol. The Bertz CT molecular complexity index is 568. The Balaban J connectivity index is 2.12. The van der Waals surface area contributed by atoms with Crippen LogP contribution < -0.4 is 5.73 Å². The molecule has 1 amide bonds. The summed E-state index contributed by atoms with van der Waals surface area (Å²) in [5.41, 5.74) is 6.82. The van der Waals surface area contributed by atoms with Crippen molar-refractivity contribution < 1.29 is 4.79 Å². The van der Waals surface area contributed by atoms with E-state index >= 15 is 0 Å². The quantitative estimate of drug-likeness (QED) is 0.877. The van der Waals surface area contributed by atoms with Gasteiger partial charge in [0.05, 0.1) is 16.4 Å². The third-order valence-electron chi connectivity index (χ3n) is 2.56. The lowest BCUT2D eigenvalue weighted by Gasteiger charge is -2.17. The molecule has 1 aromatic heterocycles. The van der Waals surface area contributed by atoms with Gasteiger partial charge in [0.2, 0.25) is 0 Å². The summed E-state index contributed by atoms with van der Waals surface area (Å²) in [6.07, 6.45) is 0. The highest BCUT2D eigenvalue weighted by Crippen LogP contribution is 2.23. The Kier molecular flexibility index (Phi) is 3.89. The Morgan fingerprint density at radius 1 is 1.33 bits per heavy atom. The standard InChI is InChI=1S/C13H13ClN2OS/c1-16(8-9-6-7-12(14)18-9)13(17)10-4-2-3-5-11(10)15/h2-7H,8,15H2,1H3. The van der Waals surface area contributed by atoms with Crippen molar-refractivity contribution in [3.8, 4) is 0 Å². The van der Waals surface area contributed by atoms with E-state index < -0.39 is 0 Å². The van der Waals surface area contributed by atoms with Gasteiger partial charge in [-0.05, 0) is 24.3 Å². The first kappa shape index (κ1) is 12.9. The van der Waals surface area contributed by atoms with Gasteiger partial charge in [0.15, 0.2) is 0 Å². The molecule has 1 aromatic carbocycles. The second kappa shape index (κ2) is 5.42. The predicted octanol–water partition coefficient (Wildman–Crippen LogP) is 3.26. The Morgan fingerprint density at radius 3 is 2.67 bits per heavy atom. The number of nitrogens with zero attached hydrogens (tertiary/aromatic N) is 1. The van der Waals surface area contributed by atoms with Gasteiger partial charge in [-0.15, -0.1) is 11.3 Å². The molecule has 18 heavy (non-hydrogen) atoms. The number of amides is 1. The largest absolute Gasteiger partial charge is 0.398 e. The molecule has 2 N–H and O–H groups in total. The number of nitrogen functional groups attached to an aromatic ring is 1. The zero-order valence-electron chi connectivity index (χ0n) is 9.89. The van der Waals surface area contributed by atoms with Crippen LogP contribution in [0.4, 0.5) is 5.69 Å². The van der Waals surface area contributed by atoms with Crippen molar-refractivity contribution in [3.63, 3.8) is 0 Å². The fourth-order valence-electron chi connectivity index (χ4n) is 1.64. The highest BCUT2D eigenvalue weighted by Gasteiger charge is 2.14. The van der Waals surface area contributed by atoms with Crippen LogP contribution in [-0.2, 0) is 6.54 Å². The number of para-hydroxylation sites is 1. The molecule has 3 nitrogen and oxygen atoms in total. The SMILES string of the molecule is CN(Cc1ccc(Cl)s1)C(=O)c1ccccc1N. The van der Waals surface area contributed by atoms with Crippen LogP contribution in [0.2, 0.25) is 4.34 Å². The topological polar surface area (TPSA) is 46.3 Å². The fourth-order valence-corrected chi connectivity index (χ4v) is 2.78. The molecule has 0 radical (unpaired) electrons. The lowest BCUT2D eigenvalue weighted by molar-refractivity contribution is 0.0787. The van der Waals surface area contributed by atoms with E-state index in [0.29, 0.717) is 17.8 Å². The minimum absolute atomic E-state index is 0.0855. The van der Waals surface area contributed by atoms with Crippen molar-refractivity contribution in [2.75, 3.05) is 12.8 Å². The first-order chi connectivity index (χ1) is 8.58. The van der Waals surface area contributed by atoms with E-state index in [9.17, 15) is 4.79 Å². The summed E-state index contributed by atoms with van der Waals surface area (Å²) in [6, 6.07) is 10.8. The van der Waals surface area contributed by atoms with Crippen LogP contribution in [0.15, 0.2) is 36.4 Å². The summed E-state index contributed by atoms with van der Waals surface area (Å²) in [5.74, 6) is -0.0855. The maximum Gasteiger partial charge on any atom is 0.256 e. The van der Waals surface area contributed by atoms with Crippen molar-refractivity contribution in [2.24, 2.45) is 0 Å². The van der Waals surface area contributed by atoms with Crippen molar-refractivity contribution in [3.05, 3.63) is 51.2 Å². The van der Waals surface area contributed by atoms with Gasteiger partial charge in [0.1, 0.15) is 0 Å². The maximum atomic E-state index is 12.2. The number of hydrogen-bond acceptors (Lipinski definition) is 3. The molecule has 0 spiro atoms. The number of thiophene rings is 1. The summed E-state index contributed by atoms with van der Waals surface area (Å²) in [6.45, 7) is 0.532. The van der Waals surface area contributed by atoms with Crippen LogP contribution in [-0.4, -0.2) is 17.9 Å². The molecule has 1 heterocycles. The predicted molar refractivity (Wildman–Crippen MR) is 76.0 cm³/mol. The molecule has 94 valence electrons. The van der Waals surface area contributed by atoms with Crippen molar-refractivity contribution >= 4 is 34.5 Å². The van der Waals surface area contributed by atoms with Gasteiger partial charge >= 0.3 is 0 Å². The molecule has 0 aliphatic heterocycles. The van der Waals surface area contributed by atoms with Crippen molar-refractivity contribution in [1.82, 2.24) is 4.90 Å². The van der Waals surface area contributed by atoms with Crippen LogP contribution >= 0.6 is 22.9 Å². The third kappa shape index (κ3) is 2.83. The van der Waals surface area contributed by atoms with Crippen LogP contribution in [0, 0.1) is 0 Å². The van der Waals surface area contributed by atoms with Crippen LogP contribution in [0.1, 0.15) is 15.2 Å². The van der Waals surface area contributed by atoms with E-state index in [-0.39, 0.29) is 5.91 Å². The number of anilines is 1. The molecule has 0 saturated heterocycles. The molecule has 2 aromatic rings. The van der Waals surface area contributed by atoms with E-state index in [0.717, 1.165) is 9.21 Å². The molecule has 0 unspecified atom stereocenters. The number of carbonyl (C=O) groups is 1. The molecule has 5 heteroatoms. The Hall–Kier alpha value is -1.52. The minimum Gasteiger partial charge on any atom is -0.398 e. The van der Waals surface area contributed by atoms with Gasteiger partial charge in [-0.2, -0.15) is 0 Å². The number of rotatable bonds is 3. The molecule has 2 rings (SSSR count). The summed E-state index contributed by atoms with van der Waals surface area (Å²) < 4.78 is 0.727. The van der Waals surface area contributed by atoms with E-state index in [1.165, 1.54) is 11.3 Å². The molecule has 0 aliphatic carbocycles. The third-order valence-corrected chi connectivity index (χ3v) is 3.78. The number of hydrogen-bond donors (Lipinski definition) is 1. The van der Waals surface area contributed by atoms with Crippen molar-refractivity contribution in [2.45, 2.75) is 6.54 Å².